The van der Waals surface area contributed by atoms with Crippen LogP contribution in [0.15, 0.2) is 0 Å². The first-order valence-electron chi connectivity index (χ1n) is 6.13. The number of nitrogens with zero attached hydrogens (tertiary/aromatic N) is 3. The van der Waals surface area contributed by atoms with Gasteiger partial charge in [-0.1, -0.05) is 13.3 Å². The van der Waals surface area contributed by atoms with Gasteiger partial charge in [0, 0.05) is 13.0 Å². The summed E-state index contributed by atoms with van der Waals surface area (Å²) in [6, 6.07) is 0. The lowest BCUT2D eigenvalue weighted by Gasteiger charge is -2.14. The van der Waals surface area contributed by atoms with Crippen molar-refractivity contribution in [2.75, 3.05) is 0 Å². The molecule has 5 heteroatoms. The summed E-state index contributed by atoms with van der Waals surface area (Å²) in [5.74, 6) is 1.17. The number of carboxylic acid groups (broad SMARTS) is 1. The van der Waals surface area contributed by atoms with Crippen LogP contribution in [0.4, 0.5) is 0 Å². The van der Waals surface area contributed by atoms with Crippen LogP contribution >= 0.6 is 0 Å². The predicted octanol–water partition coefficient (Wildman–Crippen LogP) is 1.73. The van der Waals surface area contributed by atoms with Crippen LogP contribution in [0.2, 0.25) is 0 Å². The molecule has 0 bridgehead atoms. The number of aryl methyl sites for hydroxylation is 1. The summed E-state index contributed by atoms with van der Waals surface area (Å²) >= 11 is 0. The Hall–Kier alpha value is -1.39. The van der Waals surface area contributed by atoms with Crippen molar-refractivity contribution in [3.63, 3.8) is 0 Å². The maximum Gasteiger partial charge on any atom is 0.307 e. The Bertz CT molecular complexity index is 427. The van der Waals surface area contributed by atoms with Crippen LogP contribution in [0, 0.1) is 18.8 Å². The van der Waals surface area contributed by atoms with Crippen LogP contribution in [0.3, 0.4) is 0 Å². The molecule has 0 amide bonds. The minimum atomic E-state index is -0.702. The molecular formula is C12H19N3O2. The second-order valence-electron chi connectivity index (χ2n) is 4.96. The highest BCUT2D eigenvalue weighted by atomic mass is 16.4. The van der Waals surface area contributed by atoms with Gasteiger partial charge in [-0.3, -0.25) is 4.79 Å². The molecule has 3 atom stereocenters. The summed E-state index contributed by atoms with van der Waals surface area (Å²) < 4.78 is 1.92. The fourth-order valence-electron chi connectivity index (χ4n) is 2.78. The molecule has 2 rings (SSSR count). The number of hydrogen-bond donors (Lipinski definition) is 1. The van der Waals surface area contributed by atoms with Gasteiger partial charge in [-0.05, 0) is 25.7 Å². The van der Waals surface area contributed by atoms with E-state index in [1.165, 1.54) is 0 Å². The molecule has 1 fully saturated rings. The second kappa shape index (κ2) is 4.47. The van der Waals surface area contributed by atoms with Crippen LogP contribution in [0.25, 0.3) is 0 Å². The Morgan fingerprint density at radius 3 is 2.65 bits per heavy atom. The molecule has 0 radical (unpaired) electrons. The Kier molecular flexibility index (Phi) is 3.17. The van der Waals surface area contributed by atoms with E-state index in [1.807, 2.05) is 18.5 Å². The van der Waals surface area contributed by atoms with Gasteiger partial charge in [0.05, 0.1) is 5.92 Å². The van der Waals surface area contributed by atoms with E-state index in [9.17, 15) is 9.90 Å². The molecule has 17 heavy (non-hydrogen) atoms. The number of aromatic nitrogens is 3. The van der Waals surface area contributed by atoms with Crippen molar-refractivity contribution in [2.45, 2.75) is 39.0 Å². The SMILES string of the molecule is CCC1CC(C(=O)O)C(c2nnc(C)n2C)C1. The standard InChI is InChI=1S/C12H19N3O2/c1-4-8-5-9(10(6-8)12(16)17)11-14-13-7(2)15(11)3/h8-10H,4-6H2,1-3H3,(H,16,17). The van der Waals surface area contributed by atoms with Gasteiger partial charge in [-0.25, -0.2) is 0 Å². The molecule has 0 aromatic carbocycles. The number of hydrogen-bond acceptors (Lipinski definition) is 3. The largest absolute Gasteiger partial charge is 0.481 e. The molecule has 0 saturated heterocycles. The zero-order valence-electron chi connectivity index (χ0n) is 10.6. The summed E-state index contributed by atoms with van der Waals surface area (Å²) in [5.41, 5.74) is 0. The Morgan fingerprint density at radius 1 is 1.47 bits per heavy atom. The highest BCUT2D eigenvalue weighted by molar-refractivity contribution is 5.71. The van der Waals surface area contributed by atoms with Gasteiger partial charge in [-0.15, -0.1) is 10.2 Å². The molecule has 94 valence electrons. The van der Waals surface area contributed by atoms with Crippen LogP contribution in [0.1, 0.15) is 43.8 Å². The third kappa shape index (κ3) is 2.06. The highest BCUT2D eigenvalue weighted by Gasteiger charge is 2.41. The van der Waals surface area contributed by atoms with Crippen molar-refractivity contribution < 1.29 is 9.90 Å². The molecule has 0 spiro atoms. The number of rotatable bonds is 3. The van der Waals surface area contributed by atoms with Crippen LogP contribution < -0.4 is 0 Å². The molecule has 1 N–H and O–H groups in total. The normalized spacial score (nSPS) is 28.5. The third-order valence-corrected chi connectivity index (χ3v) is 4.01. The van der Waals surface area contributed by atoms with Crippen LogP contribution in [-0.4, -0.2) is 25.8 Å². The maximum absolute atomic E-state index is 11.3. The van der Waals surface area contributed by atoms with E-state index in [1.54, 1.807) is 0 Å². The number of aliphatic carboxylic acids is 1. The zero-order chi connectivity index (χ0) is 12.6. The molecule has 1 saturated carbocycles. The maximum atomic E-state index is 11.3. The molecule has 1 aliphatic carbocycles. The van der Waals surface area contributed by atoms with E-state index in [0.29, 0.717) is 5.92 Å². The quantitative estimate of drug-likeness (QED) is 0.869. The minimum Gasteiger partial charge on any atom is -0.481 e. The van der Waals surface area contributed by atoms with Gasteiger partial charge in [0.1, 0.15) is 11.6 Å². The van der Waals surface area contributed by atoms with Gasteiger partial charge >= 0.3 is 5.97 Å². The number of carbonyl (C=O) groups is 1. The zero-order valence-corrected chi connectivity index (χ0v) is 10.6. The Morgan fingerprint density at radius 2 is 2.18 bits per heavy atom. The molecule has 1 aromatic heterocycles. The lowest BCUT2D eigenvalue weighted by molar-refractivity contribution is -0.142. The van der Waals surface area contributed by atoms with Gasteiger partial charge in [0.15, 0.2) is 0 Å². The topological polar surface area (TPSA) is 68.0 Å². The Balaban J connectivity index is 2.30. The van der Waals surface area contributed by atoms with Crippen molar-refractivity contribution >= 4 is 5.97 Å². The predicted molar refractivity (Wildman–Crippen MR) is 62.6 cm³/mol. The summed E-state index contributed by atoms with van der Waals surface area (Å²) in [6.07, 6.45) is 2.72. The first-order chi connectivity index (χ1) is 8.04. The monoisotopic (exact) mass is 237 g/mol. The fraction of sp³-hybridized carbons (Fsp3) is 0.750. The first kappa shape index (κ1) is 12.1. The minimum absolute atomic E-state index is 0.0173. The van der Waals surface area contributed by atoms with Crippen molar-refractivity contribution in [1.29, 1.82) is 0 Å². The molecule has 0 aliphatic heterocycles. The van der Waals surface area contributed by atoms with E-state index in [4.69, 9.17) is 0 Å². The van der Waals surface area contributed by atoms with E-state index >= 15 is 0 Å². The molecule has 1 heterocycles. The molecule has 1 aromatic rings. The van der Waals surface area contributed by atoms with Gasteiger partial charge in [0.2, 0.25) is 0 Å². The van der Waals surface area contributed by atoms with Crippen molar-refractivity contribution in [2.24, 2.45) is 18.9 Å². The summed E-state index contributed by atoms with van der Waals surface area (Å²) in [6.45, 7) is 4.01. The summed E-state index contributed by atoms with van der Waals surface area (Å²) in [7, 11) is 1.91. The van der Waals surface area contributed by atoms with Crippen molar-refractivity contribution in [3.8, 4) is 0 Å². The first-order valence-corrected chi connectivity index (χ1v) is 6.13. The van der Waals surface area contributed by atoms with Gasteiger partial charge in [0.25, 0.3) is 0 Å². The fourth-order valence-corrected chi connectivity index (χ4v) is 2.78. The van der Waals surface area contributed by atoms with Crippen LogP contribution in [0.5, 0.6) is 0 Å². The smallest absolute Gasteiger partial charge is 0.307 e. The van der Waals surface area contributed by atoms with E-state index in [0.717, 1.165) is 30.9 Å². The molecule has 1 aliphatic rings. The van der Waals surface area contributed by atoms with E-state index < -0.39 is 5.97 Å². The lowest BCUT2D eigenvalue weighted by atomic mass is 9.95. The molecule has 3 unspecified atom stereocenters. The number of carboxylic acids is 1. The van der Waals surface area contributed by atoms with Gasteiger partial charge in [-0.2, -0.15) is 0 Å². The third-order valence-electron chi connectivity index (χ3n) is 4.01. The lowest BCUT2D eigenvalue weighted by Crippen LogP contribution is -2.19. The van der Waals surface area contributed by atoms with Crippen LogP contribution in [-0.2, 0) is 11.8 Å². The second-order valence-corrected chi connectivity index (χ2v) is 4.96. The van der Waals surface area contributed by atoms with Crippen molar-refractivity contribution in [3.05, 3.63) is 11.6 Å². The Labute approximate surface area is 101 Å². The van der Waals surface area contributed by atoms with Gasteiger partial charge < -0.3 is 9.67 Å². The van der Waals surface area contributed by atoms with E-state index in [-0.39, 0.29) is 11.8 Å². The average Bonchev–Trinajstić information content (AvgIpc) is 2.84. The summed E-state index contributed by atoms with van der Waals surface area (Å²) in [4.78, 5) is 11.3. The summed E-state index contributed by atoms with van der Waals surface area (Å²) in [5, 5.41) is 17.5. The molecule has 5 nitrogen and oxygen atoms in total. The van der Waals surface area contributed by atoms with Crippen molar-refractivity contribution in [1.82, 2.24) is 14.8 Å². The average molecular weight is 237 g/mol. The highest BCUT2D eigenvalue weighted by Crippen LogP contribution is 2.43. The molecular weight excluding hydrogens is 218 g/mol. The van der Waals surface area contributed by atoms with E-state index in [2.05, 4.69) is 17.1 Å².